The Morgan fingerprint density at radius 1 is 0.343 bits per heavy atom. The molecule has 0 atom stereocenters. The minimum atomic E-state index is -0.664. The second-order valence-corrected chi connectivity index (χ2v) is 23.4. The molecule has 0 radical (unpaired) electrons. The Balaban J connectivity index is 1.38. The van der Waals surface area contributed by atoms with Crippen LogP contribution in [0.15, 0.2) is 12.1 Å². The molecule has 2 heterocycles. The predicted octanol–water partition coefficient (Wildman–Crippen LogP) is 21.2. The highest BCUT2D eigenvalue weighted by molar-refractivity contribution is 7.00. The highest BCUT2D eigenvalue weighted by Crippen LogP contribution is 2.65. The zero-order chi connectivity index (χ0) is 49.4. The van der Waals surface area contributed by atoms with Gasteiger partial charge in [0.15, 0.2) is 0 Å². The van der Waals surface area contributed by atoms with E-state index in [4.69, 9.17) is 17.5 Å². The first-order valence-corrected chi connectivity index (χ1v) is 30.9. The zero-order valence-electron chi connectivity index (χ0n) is 45.0. The molecule has 0 saturated heterocycles. The number of fused-ring (bicyclic) bond motifs is 10. The lowest BCUT2D eigenvalue weighted by atomic mass is 9.68. The summed E-state index contributed by atoms with van der Waals surface area (Å²) in [4.78, 5) is 0. The second-order valence-electron chi connectivity index (χ2n) is 22.3. The fourth-order valence-electron chi connectivity index (χ4n) is 13.3. The van der Waals surface area contributed by atoms with Crippen molar-refractivity contribution in [1.82, 2.24) is 17.5 Å². The van der Waals surface area contributed by atoms with E-state index in [1.165, 1.54) is 178 Å². The molecule has 7 rings (SSSR count). The number of hydrogen-bond acceptors (Lipinski definition) is 6. The fourth-order valence-corrected chi connectivity index (χ4v) is 14.5. The van der Waals surface area contributed by atoms with E-state index in [-0.39, 0.29) is 11.6 Å². The molecule has 3 aromatic carbocycles. The number of aromatic nitrogens is 4. The zero-order valence-corrected chi connectivity index (χ0v) is 46.6. The van der Waals surface area contributed by atoms with E-state index in [2.05, 4.69) is 53.7 Å². The minimum Gasteiger partial charge on any atom is -0.206 e. The summed E-state index contributed by atoms with van der Waals surface area (Å²) < 4.78 is 58.8. The Hall–Kier alpha value is -2.84. The Morgan fingerprint density at radius 3 is 0.857 bits per heavy atom. The number of aryl methyl sites for hydroxylation is 2. The molecule has 2 aliphatic carbocycles. The van der Waals surface area contributed by atoms with Crippen LogP contribution in [0.2, 0.25) is 0 Å². The first-order valence-electron chi connectivity index (χ1n) is 29.4. The van der Waals surface area contributed by atoms with Crippen LogP contribution in [0.25, 0.3) is 44.3 Å². The summed E-state index contributed by atoms with van der Waals surface area (Å²) in [6.45, 7) is 13.4. The van der Waals surface area contributed by atoms with Crippen molar-refractivity contribution < 1.29 is 8.78 Å². The summed E-state index contributed by atoms with van der Waals surface area (Å²) in [6.07, 6.45) is 41.9. The van der Waals surface area contributed by atoms with Crippen molar-refractivity contribution in [2.75, 3.05) is 0 Å². The van der Waals surface area contributed by atoms with Crippen LogP contribution >= 0.6 is 23.5 Å². The lowest BCUT2D eigenvalue weighted by Gasteiger charge is -2.35. The molecule has 0 spiro atoms. The normalized spacial score (nSPS) is 14.3. The quantitative estimate of drug-likeness (QED) is 0.0375. The molecule has 0 amide bonds. The lowest BCUT2D eigenvalue weighted by molar-refractivity contribution is 0.374. The van der Waals surface area contributed by atoms with Gasteiger partial charge in [-0.15, -0.1) is 0 Å². The number of hydrogen-bond donors (Lipinski definition) is 0. The second kappa shape index (κ2) is 27.4. The van der Waals surface area contributed by atoms with E-state index in [1.807, 2.05) is 0 Å². The first-order chi connectivity index (χ1) is 34.3. The van der Waals surface area contributed by atoms with Gasteiger partial charge in [0.2, 0.25) is 0 Å². The fraction of sp³-hybridized carbons (Fsp3) is 0.710. The topological polar surface area (TPSA) is 51.6 Å². The van der Waals surface area contributed by atoms with Crippen molar-refractivity contribution >= 4 is 45.5 Å². The SMILES string of the molecule is CCCCCCCCCCC1(CCCCCCCCCC)c2cc(C)c3nsnc3c2-c2c(F)c3c(c(F)c21)-c1c(cc(C)c2nsnc12)C3(CCCCCCCCCC)CCCCCCCCCC. The number of nitrogens with zero attached hydrogens (tertiary/aromatic N) is 4. The van der Waals surface area contributed by atoms with Gasteiger partial charge in [-0.05, 0) is 61.8 Å². The van der Waals surface area contributed by atoms with Gasteiger partial charge in [-0.3, -0.25) is 0 Å². The van der Waals surface area contributed by atoms with Crippen LogP contribution in [-0.2, 0) is 10.8 Å². The summed E-state index contributed by atoms with van der Waals surface area (Å²) in [5.41, 5.74) is 10.1. The van der Waals surface area contributed by atoms with Gasteiger partial charge in [-0.2, -0.15) is 17.5 Å². The highest BCUT2D eigenvalue weighted by atomic mass is 32.1. The molecule has 0 N–H and O–H groups in total. The standard InChI is InChI=1S/C62H92F2N4S2/c1-7-11-15-19-23-27-31-35-39-61(40-36-32-28-24-20-16-12-8-2)47-43-45(5)57-59(67-69-65-57)49(47)51-53(61)55(63)52-50-48(44-46(6)58-60(50)68-70-66-58)62(54(52)56(51)64,41-37-33-29-25-21-17-13-9-3)42-38-34-30-26-22-18-14-10-4/h43-44H,7-42H2,1-6H3. The maximum absolute atomic E-state index is 19.5. The van der Waals surface area contributed by atoms with Crippen LogP contribution in [0.5, 0.6) is 0 Å². The van der Waals surface area contributed by atoms with E-state index >= 15 is 8.78 Å². The van der Waals surface area contributed by atoms with Crippen molar-refractivity contribution in [2.45, 2.75) is 284 Å². The number of benzene rings is 3. The summed E-state index contributed by atoms with van der Waals surface area (Å²) >= 11 is 2.43. The summed E-state index contributed by atoms with van der Waals surface area (Å²) in [7, 11) is 0. The Kier molecular flexibility index (Phi) is 21.5. The molecule has 0 fully saturated rings. The van der Waals surface area contributed by atoms with Gasteiger partial charge in [-0.25, -0.2) is 8.78 Å². The summed E-state index contributed by atoms with van der Waals surface area (Å²) in [5.74, 6) is -0.382. The molecular weight excluding hydrogens is 903 g/mol. The molecular formula is C62H92F2N4S2. The summed E-state index contributed by atoms with van der Waals surface area (Å²) in [6, 6.07) is 4.60. The van der Waals surface area contributed by atoms with Crippen LogP contribution in [-0.4, -0.2) is 17.5 Å². The largest absolute Gasteiger partial charge is 0.206 e. The van der Waals surface area contributed by atoms with Crippen molar-refractivity contribution in [1.29, 1.82) is 0 Å². The number of rotatable bonds is 36. The van der Waals surface area contributed by atoms with Crippen molar-refractivity contribution in [3.05, 3.63) is 57.1 Å². The van der Waals surface area contributed by atoms with Crippen LogP contribution in [0.1, 0.15) is 292 Å². The third-order valence-electron chi connectivity index (χ3n) is 17.2. The highest BCUT2D eigenvalue weighted by Gasteiger charge is 2.54. The third-order valence-corrected chi connectivity index (χ3v) is 18.2. The Bertz CT molecular complexity index is 2190. The van der Waals surface area contributed by atoms with Crippen LogP contribution in [0, 0.1) is 25.5 Å². The van der Waals surface area contributed by atoms with E-state index < -0.39 is 10.8 Å². The van der Waals surface area contributed by atoms with Gasteiger partial charge in [0.1, 0.15) is 33.7 Å². The predicted molar refractivity (Wildman–Crippen MR) is 299 cm³/mol. The van der Waals surface area contributed by atoms with Crippen molar-refractivity contribution in [3.8, 4) is 22.3 Å². The Morgan fingerprint density at radius 2 is 0.586 bits per heavy atom. The summed E-state index contributed by atoms with van der Waals surface area (Å²) in [5, 5.41) is 0. The van der Waals surface area contributed by atoms with Crippen LogP contribution in [0.3, 0.4) is 0 Å². The molecule has 0 unspecified atom stereocenters. The molecule has 386 valence electrons. The average molecular weight is 996 g/mol. The van der Waals surface area contributed by atoms with Crippen LogP contribution < -0.4 is 0 Å². The van der Waals surface area contributed by atoms with E-state index in [0.29, 0.717) is 22.3 Å². The maximum atomic E-state index is 19.5. The molecule has 4 nitrogen and oxygen atoms in total. The molecule has 70 heavy (non-hydrogen) atoms. The maximum Gasteiger partial charge on any atom is 0.136 e. The molecule has 0 bridgehead atoms. The number of halogens is 2. The van der Waals surface area contributed by atoms with Gasteiger partial charge >= 0.3 is 0 Å². The minimum absolute atomic E-state index is 0.191. The van der Waals surface area contributed by atoms with E-state index in [0.717, 1.165) is 132 Å². The molecule has 8 heteroatoms. The number of unbranched alkanes of at least 4 members (excludes halogenated alkanes) is 28. The molecule has 0 saturated carbocycles. The van der Waals surface area contributed by atoms with Crippen LogP contribution in [0.4, 0.5) is 8.78 Å². The monoisotopic (exact) mass is 995 g/mol. The Labute approximate surface area is 432 Å². The van der Waals surface area contributed by atoms with Gasteiger partial charge in [0.25, 0.3) is 0 Å². The van der Waals surface area contributed by atoms with E-state index in [9.17, 15) is 0 Å². The van der Waals surface area contributed by atoms with Gasteiger partial charge in [-0.1, -0.05) is 245 Å². The van der Waals surface area contributed by atoms with Gasteiger partial charge in [0, 0.05) is 44.2 Å². The third kappa shape index (κ3) is 12.1. The van der Waals surface area contributed by atoms with E-state index in [1.54, 1.807) is 0 Å². The first kappa shape index (κ1) is 54.9. The molecule has 2 aliphatic rings. The van der Waals surface area contributed by atoms with Gasteiger partial charge in [0.05, 0.1) is 23.5 Å². The molecule has 5 aromatic rings. The lowest BCUT2D eigenvalue weighted by Crippen LogP contribution is -2.29. The molecule has 0 aliphatic heterocycles. The van der Waals surface area contributed by atoms with Crippen molar-refractivity contribution in [3.63, 3.8) is 0 Å². The molecule has 2 aromatic heterocycles. The average Bonchev–Trinajstić information content (AvgIpc) is 4.16. The van der Waals surface area contributed by atoms with Crippen molar-refractivity contribution in [2.24, 2.45) is 0 Å². The smallest absolute Gasteiger partial charge is 0.136 e. The van der Waals surface area contributed by atoms with Gasteiger partial charge < -0.3 is 0 Å².